The summed E-state index contributed by atoms with van der Waals surface area (Å²) in [4.78, 5) is 0. The largest absolute Gasteiger partial charge is 0.462 e. The Morgan fingerprint density at radius 3 is 1.90 bits per heavy atom. The van der Waals surface area contributed by atoms with E-state index in [2.05, 4.69) is 97.9 Å². The molecule has 0 saturated heterocycles. The molecule has 0 unspecified atom stereocenters. The van der Waals surface area contributed by atoms with E-state index in [0.717, 1.165) is 17.9 Å². The van der Waals surface area contributed by atoms with Gasteiger partial charge in [0.1, 0.15) is 11.5 Å². The van der Waals surface area contributed by atoms with Crippen LogP contribution in [0.5, 0.6) is 0 Å². The summed E-state index contributed by atoms with van der Waals surface area (Å²) < 4.78 is 5.96. The lowest BCUT2D eigenvalue weighted by Crippen LogP contribution is -2.16. The summed E-state index contributed by atoms with van der Waals surface area (Å²) in [6.45, 7) is 20.4. The molecule has 1 heteroatoms. The highest BCUT2D eigenvalue weighted by molar-refractivity contribution is 5.94. The van der Waals surface area contributed by atoms with Gasteiger partial charge in [0.2, 0.25) is 0 Å². The second-order valence-corrected chi connectivity index (χ2v) is 11.3. The number of benzene rings is 2. The molecule has 0 radical (unpaired) electrons. The number of hydrogen-bond acceptors (Lipinski definition) is 1. The molecule has 1 heterocycles. The van der Waals surface area contributed by atoms with Crippen LogP contribution in [0, 0.1) is 20.8 Å². The van der Waals surface area contributed by atoms with Crippen molar-refractivity contribution in [2.45, 2.75) is 79.6 Å². The Bertz CT molecular complexity index is 1150. The predicted molar refractivity (Wildman–Crippen MR) is 134 cm³/mol. The average molecular weight is 413 g/mol. The summed E-state index contributed by atoms with van der Waals surface area (Å²) in [5.41, 5.74) is 12.5. The maximum absolute atomic E-state index is 5.96. The molecule has 0 atom stereocenters. The third-order valence-corrected chi connectivity index (χ3v) is 6.68. The van der Waals surface area contributed by atoms with E-state index in [1.54, 1.807) is 0 Å². The monoisotopic (exact) mass is 412 g/mol. The molecule has 1 aliphatic rings. The third-order valence-electron chi connectivity index (χ3n) is 6.68. The molecule has 0 fully saturated rings. The second-order valence-electron chi connectivity index (χ2n) is 11.3. The van der Waals surface area contributed by atoms with E-state index >= 15 is 0 Å². The molecule has 0 amide bonds. The Hall–Kier alpha value is -2.54. The predicted octanol–water partition coefficient (Wildman–Crippen LogP) is 8.56. The van der Waals surface area contributed by atoms with Crippen molar-refractivity contribution < 1.29 is 4.42 Å². The number of fused-ring (bicyclic) bond motifs is 1. The van der Waals surface area contributed by atoms with Gasteiger partial charge in [-0.05, 0) is 99.9 Å². The van der Waals surface area contributed by atoms with E-state index in [1.165, 1.54) is 50.1 Å². The first-order valence-electron chi connectivity index (χ1n) is 11.4. The van der Waals surface area contributed by atoms with Gasteiger partial charge >= 0.3 is 0 Å². The summed E-state index contributed by atoms with van der Waals surface area (Å²) in [7, 11) is 0. The molecular formula is C30H36O. The zero-order valence-electron chi connectivity index (χ0n) is 20.7. The minimum Gasteiger partial charge on any atom is -0.462 e. The highest BCUT2D eigenvalue weighted by Gasteiger charge is 2.25. The van der Waals surface area contributed by atoms with Crippen LogP contribution in [0.25, 0.3) is 22.8 Å². The van der Waals surface area contributed by atoms with Crippen LogP contribution in [-0.2, 0) is 17.3 Å². The van der Waals surface area contributed by atoms with Crippen LogP contribution in [0.1, 0.15) is 86.4 Å². The van der Waals surface area contributed by atoms with Crippen molar-refractivity contribution in [3.63, 3.8) is 0 Å². The normalized spacial score (nSPS) is 14.0. The van der Waals surface area contributed by atoms with Crippen molar-refractivity contribution in [2.24, 2.45) is 0 Å². The fraction of sp³-hybridized carbons (Fsp3) is 0.400. The van der Waals surface area contributed by atoms with Gasteiger partial charge in [0.25, 0.3) is 0 Å². The molecule has 4 rings (SSSR count). The van der Waals surface area contributed by atoms with Crippen molar-refractivity contribution in [1.29, 1.82) is 0 Å². The lowest BCUT2D eigenvalue weighted by atomic mass is 9.78. The zero-order chi connectivity index (χ0) is 22.7. The van der Waals surface area contributed by atoms with Crippen molar-refractivity contribution >= 4 is 11.6 Å². The quantitative estimate of drug-likeness (QED) is 0.411. The van der Waals surface area contributed by atoms with Gasteiger partial charge in [-0.1, -0.05) is 65.8 Å². The van der Waals surface area contributed by atoms with Crippen LogP contribution in [0.3, 0.4) is 0 Å². The summed E-state index contributed by atoms with van der Waals surface area (Å²) in [5, 5.41) is 0. The van der Waals surface area contributed by atoms with Gasteiger partial charge in [-0.2, -0.15) is 0 Å². The number of hydrogen-bond donors (Lipinski definition) is 0. The highest BCUT2D eigenvalue weighted by atomic mass is 16.3. The number of furan rings is 1. The molecule has 1 aliphatic carbocycles. The van der Waals surface area contributed by atoms with Crippen LogP contribution < -0.4 is 0 Å². The van der Waals surface area contributed by atoms with Gasteiger partial charge < -0.3 is 4.42 Å². The summed E-state index contributed by atoms with van der Waals surface area (Å²) in [6, 6.07) is 13.8. The van der Waals surface area contributed by atoms with E-state index in [4.69, 9.17) is 4.42 Å². The van der Waals surface area contributed by atoms with Crippen LogP contribution in [0.2, 0.25) is 0 Å². The van der Waals surface area contributed by atoms with Crippen molar-refractivity contribution in [1.82, 2.24) is 0 Å². The molecule has 1 aromatic heterocycles. The van der Waals surface area contributed by atoms with Crippen molar-refractivity contribution in [2.75, 3.05) is 0 Å². The first kappa shape index (κ1) is 21.7. The number of allylic oxidation sites excluding steroid dienone is 1. The van der Waals surface area contributed by atoms with E-state index < -0.39 is 0 Å². The Morgan fingerprint density at radius 1 is 0.774 bits per heavy atom. The first-order valence-corrected chi connectivity index (χ1v) is 11.4. The molecule has 31 heavy (non-hydrogen) atoms. The maximum atomic E-state index is 5.96. The van der Waals surface area contributed by atoms with Gasteiger partial charge in [0.05, 0.1) is 0 Å². The van der Waals surface area contributed by atoms with Crippen LogP contribution in [-0.4, -0.2) is 0 Å². The minimum absolute atomic E-state index is 0.101. The van der Waals surface area contributed by atoms with Crippen molar-refractivity contribution in [3.05, 3.63) is 81.3 Å². The molecule has 0 saturated carbocycles. The van der Waals surface area contributed by atoms with E-state index in [0.29, 0.717) is 0 Å². The average Bonchev–Trinajstić information content (AvgIpc) is 3.27. The first-order chi connectivity index (χ1) is 14.3. The standard InChI is InChI=1S/C30H36O/c1-18-12-21-13-22(27-11-10-19(2)31-27)16-26(21)28(20(18)3)23-14-24(29(4,5)6)17-25(15-23)30(7,8)9/h10-12,14-17H,13H2,1-9H3. The van der Waals surface area contributed by atoms with Gasteiger partial charge in [0, 0.05) is 6.42 Å². The molecule has 0 spiro atoms. The molecule has 0 bridgehead atoms. The van der Waals surface area contributed by atoms with Gasteiger partial charge in [-0.25, -0.2) is 0 Å². The highest BCUT2D eigenvalue weighted by Crippen LogP contribution is 2.43. The maximum Gasteiger partial charge on any atom is 0.130 e. The molecule has 0 N–H and O–H groups in total. The number of aryl methyl sites for hydroxylation is 2. The fourth-order valence-corrected chi connectivity index (χ4v) is 4.52. The van der Waals surface area contributed by atoms with Gasteiger partial charge in [-0.15, -0.1) is 0 Å². The lowest BCUT2D eigenvalue weighted by Gasteiger charge is -2.27. The van der Waals surface area contributed by atoms with E-state index in [9.17, 15) is 0 Å². The van der Waals surface area contributed by atoms with E-state index in [-0.39, 0.29) is 10.8 Å². The molecule has 0 aliphatic heterocycles. The molecular weight excluding hydrogens is 376 g/mol. The van der Waals surface area contributed by atoms with Crippen LogP contribution in [0.15, 0.2) is 40.8 Å². The SMILES string of the molecule is Cc1ccc(C2=Cc3c(cc(C)c(C)c3-c3cc(C(C)(C)C)cc(C(C)(C)C)c3)C2)o1. The topological polar surface area (TPSA) is 13.1 Å². The number of rotatable bonds is 2. The Balaban J connectivity index is 1.97. The van der Waals surface area contributed by atoms with Crippen LogP contribution in [0.4, 0.5) is 0 Å². The minimum atomic E-state index is 0.101. The Morgan fingerprint density at radius 2 is 1.39 bits per heavy atom. The summed E-state index contributed by atoms with van der Waals surface area (Å²) in [6.07, 6.45) is 3.29. The summed E-state index contributed by atoms with van der Waals surface area (Å²) in [5.74, 6) is 1.96. The smallest absolute Gasteiger partial charge is 0.130 e. The zero-order valence-corrected chi connectivity index (χ0v) is 20.7. The van der Waals surface area contributed by atoms with Crippen LogP contribution >= 0.6 is 0 Å². The lowest BCUT2D eigenvalue weighted by molar-refractivity contribution is 0.521. The van der Waals surface area contributed by atoms with Gasteiger partial charge in [-0.3, -0.25) is 0 Å². The van der Waals surface area contributed by atoms with E-state index in [1.807, 2.05) is 6.92 Å². The molecule has 3 aromatic rings. The summed E-state index contributed by atoms with van der Waals surface area (Å²) >= 11 is 0. The fourth-order valence-electron chi connectivity index (χ4n) is 4.52. The molecule has 2 aromatic carbocycles. The van der Waals surface area contributed by atoms with Crippen molar-refractivity contribution in [3.8, 4) is 11.1 Å². The third kappa shape index (κ3) is 4.03. The Kier molecular flexibility index (Phi) is 5.08. The molecule has 162 valence electrons. The van der Waals surface area contributed by atoms with Gasteiger partial charge in [0.15, 0.2) is 0 Å². The Labute approximate surface area is 188 Å². The second kappa shape index (κ2) is 7.26. The molecule has 1 nitrogen and oxygen atoms in total.